The monoisotopic (exact) mass is 156 g/mol. The lowest BCUT2D eigenvalue weighted by atomic mass is 10.3. The molecule has 0 aliphatic rings. The van der Waals surface area contributed by atoms with Crippen LogP contribution in [0.1, 0.15) is 5.69 Å². The SMILES string of the molecule is NOCc1cc(=O)c(O)c[nH]1. The van der Waals surface area contributed by atoms with Crippen molar-refractivity contribution < 1.29 is 9.94 Å². The van der Waals surface area contributed by atoms with E-state index in [1.54, 1.807) is 0 Å². The first-order chi connectivity index (χ1) is 5.24. The number of pyridine rings is 1. The van der Waals surface area contributed by atoms with E-state index >= 15 is 0 Å². The molecule has 0 atom stereocenters. The molecule has 4 N–H and O–H groups in total. The third kappa shape index (κ3) is 1.79. The van der Waals surface area contributed by atoms with Gasteiger partial charge in [-0.2, -0.15) is 0 Å². The molecule has 5 heteroatoms. The van der Waals surface area contributed by atoms with E-state index < -0.39 is 5.43 Å². The Hall–Kier alpha value is -1.33. The largest absolute Gasteiger partial charge is 0.503 e. The summed E-state index contributed by atoms with van der Waals surface area (Å²) in [5.74, 6) is 4.45. The quantitative estimate of drug-likeness (QED) is 0.502. The van der Waals surface area contributed by atoms with E-state index in [9.17, 15) is 4.79 Å². The van der Waals surface area contributed by atoms with Crippen LogP contribution in [0.25, 0.3) is 0 Å². The highest BCUT2D eigenvalue weighted by atomic mass is 16.6. The Labute approximate surface area is 62.4 Å². The van der Waals surface area contributed by atoms with Crippen molar-refractivity contribution >= 4 is 0 Å². The van der Waals surface area contributed by atoms with Crippen LogP contribution in [0.5, 0.6) is 5.75 Å². The molecule has 0 radical (unpaired) electrons. The molecule has 1 heterocycles. The van der Waals surface area contributed by atoms with E-state index in [2.05, 4.69) is 9.82 Å². The fourth-order valence-electron chi connectivity index (χ4n) is 0.679. The summed E-state index contributed by atoms with van der Waals surface area (Å²) >= 11 is 0. The van der Waals surface area contributed by atoms with E-state index in [0.717, 1.165) is 0 Å². The molecule has 1 aromatic heterocycles. The Morgan fingerprint density at radius 3 is 3.00 bits per heavy atom. The van der Waals surface area contributed by atoms with Crippen molar-refractivity contribution in [1.29, 1.82) is 0 Å². The molecule has 0 aliphatic carbocycles. The maximum absolute atomic E-state index is 10.7. The number of aromatic hydroxyl groups is 1. The third-order valence-electron chi connectivity index (χ3n) is 1.19. The van der Waals surface area contributed by atoms with Crippen LogP contribution in [0.2, 0.25) is 0 Å². The van der Waals surface area contributed by atoms with Crippen molar-refractivity contribution in [2.75, 3.05) is 0 Å². The molecule has 0 bridgehead atoms. The van der Waals surface area contributed by atoms with Gasteiger partial charge in [-0.25, -0.2) is 5.90 Å². The summed E-state index contributed by atoms with van der Waals surface area (Å²) in [6.45, 7) is 0.121. The average molecular weight is 156 g/mol. The zero-order valence-corrected chi connectivity index (χ0v) is 5.70. The number of hydrogen-bond donors (Lipinski definition) is 3. The summed E-state index contributed by atoms with van der Waals surface area (Å²) in [6.07, 6.45) is 1.19. The molecule has 0 spiro atoms. The maximum atomic E-state index is 10.7. The molecule has 5 nitrogen and oxygen atoms in total. The van der Waals surface area contributed by atoms with Gasteiger partial charge in [-0.3, -0.25) is 9.63 Å². The van der Waals surface area contributed by atoms with Crippen LogP contribution in [0.15, 0.2) is 17.1 Å². The minimum atomic E-state index is -0.448. The van der Waals surface area contributed by atoms with Crippen LogP contribution >= 0.6 is 0 Å². The predicted molar refractivity (Wildman–Crippen MR) is 37.7 cm³/mol. The number of aromatic amines is 1. The summed E-state index contributed by atoms with van der Waals surface area (Å²) in [6, 6.07) is 1.22. The molecule has 0 aromatic carbocycles. The smallest absolute Gasteiger partial charge is 0.223 e. The number of nitrogens with one attached hydrogen (secondary N) is 1. The first-order valence-corrected chi connectivity index (χ1v) is 2.96. The summed E-state index contributed by atoms with van der Waals surface area (Å²) in [4.78, 5) is 17.6. The van der Waals surface area contributed by atoms with Crippen LogP contribution in [-0.4, -0.2) is 10.1 Å². The van der Waals surface area contributed by atoms with Gasteiger partial charge in [-0.1, -0.05) is 0 Å². The average Bonchev–Trinajstić information content (AvgIpc) is 1.98. The standard InChI is InChI=1S/C6H8N2O3/c7-11-3-4-1-5(9)6(10)2-8-4/h1-2,10H,3,7H2,(H,8,9). The van der Waals surface area contributed by atoms with Gasteiger partial charge in [0, 0.05) is 18.0 Å². The number of H-pyrrole nitrogens is 1. The molecule has 1 aromatic rings. The van der Waals surface area contributed by atoms with Crippen LogP contribution in [-0.2, 0) is 11.4 Å². The van der Waals surface area contributed by atoms with Crippen LogP contribution in [0, 0.1) is 0 Å². The highest BCUT2D eigenvalue weighted by Gasteiger charge is 1.97. The number of rotatable bonds is 2. The first-order valence-electron chi connectivity index (χ1n) is 2.96. The molecule has 1 rings (SSSR count). The zero-order chi connectivity index (χ0) is 8.27. The fourth-order valence-corrected chi connectivity index (χ4v) is 0.679. The lowest BCUT2D eigenvalue weighted by molar-refractivity contribution is 0.121. The number of hydrogen-bond acceptors (Lipinski definition) is 4. The fraction of sp³-hybridized carbons (Fsp3) is 0.167. The van der Waals surface area contributed by atoms with E-state index in [1.807, 2.05) is 0 Å². The molecule has 0 fully saturated rings. The van der Waals surface area contributed by atoms with Gasteiger partial charge in [0.25, 0.3) is 0 Å². The van der Waals surface area contributed by atoms with Crippen molar-refractivity contribution in [2.45, 2.75) is 6.61 Å². The molecular weight excluding hydrogens is 148 g/mol. The zero-order valence-electron chi connectivity index (χ0n) is 5.70. The molecular formula is C6H8N2O3. The normalized spacial score (nSPS) is 9.91. The highest BCUT2D eigenvalue weighted by Crippen LogP contribution is 1.98. The van der Waals surface area contributed by atoms with Gasteiger partial charge >= 0.3 is 0 Å². The van der Waals surface area contributed by atoms with Gasteiger partial charge in [-0.15, -0.1) is 0 Å². The van der Waals surface area contributed by atoms with Crippen LogP contribution in [0.3, 0.4) is 0 Å². The van der Waals surface area contributed by atoms with E-state index in [1.165, 1.54) is 12.3 Å². The second-order valence-electron chi connectivity index (χ2n) is 2.02. The third-order valence-corrected chi connectivity index (χ3v) is 1.19. The minimum absolute atomic E-state index is 0.121. The Bertz CT molecular complexity index is 294. The molecule has 0 unspecified atom stereocenters. The Morgan fingerprint density at radius 2 is 2.45 bits per heavy atom. The number of nitrogens with two attached hydrogens (primary N) is 1. The Balaban J connectivity index is 2.96. The van der Waals surface area contributed by atoms with Crippen LogP contribution < -0.4 is 11.3 Å². The first kappa shape index (κ1) is 7.77. The lowest BCUT2D eigenvalue weighted by Crippen LogP contribution is -2.06. The van der Waals surface area contributed by atoms with Gasteiger partial charge in [0.15, 0.2) is 5.75 Å². The lowest BCUT2D eigenvalue weighted by Gasteiger charge is -1.97. The van der Waals surface area contributed by atoms with Gasteiger partial charge in [0.1, 0.15) is 6.61 Å². The molecule has 0 amide bonds. The highest BCUT2D eigenvalue weighted by molar-refractivity contribution is 5.17. The van der Waals surface area contributed by atoms with Crippen molar-refractivity contribution in [3.05, 3.63) is 28.2 Å². The molecule has 0 saturated heterocycles. The molecule has 0 aliphatic heterocycles. The Morgan fingerprint density at radius 1 is 1.73 bits per heavy atom. The minimum Gasteiger partial charge on any atom is -0.503 e. The van der Waals surface area contributed by atoms with Gasteiger partial charge in [0.05, 0.1) is 0 Å². The number of aromatic nitrogens is 1. The summed E-state index contributed by atoms with van der Waals surface area (Å²) in [5, 5.41) is 8.80. The van der Waals surface area contributed by atoms with E-state index in [0.29, 0.717) is 5.69 Å². The second kappa shape index (κ2) is 3.18. The van der Waals surface area contributed by atoms with Crippen molar-refractivity contribution in [2.24, 2.45) is 5.90 Å². The van der Waals surface area contributed by atoms with Gasteiger partial charge in [0.2, 0.25) is 5.43 Å². The molecule has 0 saturated carbocycles. The molecule has 11 heavy (non-hydrogen) atoms. The second-order valence-corrected chi connectivity index (χ2v) is 2.02. The summed E-state index contributed by atoms with van der Waals surface area (Å²) < 4.78 is 0. The van der Waals surface area contributed by atoms with Crippen molar-refractivity contribution in [1.82, 2.24) is 4.98 Å². The van der Waals surface area contributed by atoms with E-state index in [4.69, 9.17) is 11.0 Å². The Kier molecular flexibility index (Phi) is 2.25. The van der Waals surface area contributed by atoms with Gasteiger partial charge in [-0.05, 0) is 0 Å². The molecule has 60 valence electrons. The topological polar surface area (TPSA) is 88.3 Å². The predicted octanol–water partition coefficient (Wildman–Crippen LogP) is -0.529. The van der Waals surface area contributed by atoms with E-state index in [-0.39, 0.29) is 12.4 Å². The van der Waals surface area contributed by atoms with Gasteiger partial charge < -0.3 is 10.1 Å². The van der Waals surface area contributed by atoms with Crippen LogP contribution in [0.4, 0.5) is 0 Å². The van der Waals surface area contributed by atoms with Crippen molar-refractivity contribution in [3.8, 4) is 5.75 Å². The summed E-state index contributed by atoms with van der Waals surface area (Å²) in [7, 11) is 0. The van der Waals surface area contributed by atoms with Crippen molar-refractivity contribution in [3.63, 3.8) is 0 Å². The summed E-state index contributed by atoms with van der Waals surface area (Å²) in [5.41, 5.74) is 0.0751. The maximum Gasteiger partial charge on any atom is 0.223 e.